The van der Waals surface area contributed by atoms with Gasteiger partial charge in [-0.1, -0.05) is 57.6 Å². The van der Waals surface area contributed by atoms with Gasteiger partial charge in [0.25, 0.3) is 11.5 Å². The summed E-state index contributed by atoms with van der Waals surface area (Å²) in [4.78, 5) is 32.7. The van der Waals surface area contributed by atoms with Gasteiger partial charge in [0.15, 0.2) is 4.80 Å². The molecule has 1 aromatic heterocycles. The number of nitrogens with zero attached hydrogens (tertiary/aromatic N) is 2. The zero-order valence-corrected chi connectivity index (χ0v) is 25.5. The van der Waals surface area contributed by atoms with Crippen LogP contribution in [0.25, 0.3) is 6.08 Å². The van der Waals surface area contributed by atoms with Crippen LogP contribution in [0, 0.1) is 3.57 Å². The summed E-state index contributed by atoms with van der Waals surface area (Å²) in [5, 5.41) is 13.6. The van der Waals surface area contributed by atoms with Gasteiger partial charge >= 0.3 is 0 Å². The minimum Gasteiger partial charge on any atom is -0.506 e. The molecule has 2 N–H and O–H groups in total. The topological polar surface area (TPSA) is 92.9 Å². The van der Waals surface area contributed by atoms with Crippen LogP contribution in [0.15, 0.2) is 92.3 Å². The third-order valence-corrected chi connectivity index (χ3v) is 8.41. The Morgan fingerprint density at radius 1 is 1.21 bits per heavy atom. The Morgan fingerprint density at radius 3 is 2.62 bits per heavy atom. The summed E-state index contributed by atoms with van der Waals surface area (Å²) in [6.07, 6.45) is 1.66. The number of carbonyl (C=O) groups excluding carboxylic acids is 1. The second-order valence-electron chi connectivity index (χ2n) is 8.73. The lowest BCUT2D eigenvalue weighted by Gasteiger charge is -2.25. The molecular weight excluding hydrogens is 693 g/mol. The lowest BCUT2D eigenvalue weighted by Crippen LogP contribution is -2.40. The third kappa shape index (κ3) is 5.59. The quantitative estimate of drug-likeness (QED) is 0.264. The first-order valence-electron chi connectivity index (χ1n) is 12.1. The van der Waals surface area contributed by atoms with Crippen molar-refractivity contribution in [2.24, 2.45) is 4.99 Å². The average molecular weight is 716 g/mol. The molecule has 1 atom stereocenters. The predicted octanol–water partition coefficient (Wildman–Crippen LogP) is 5.35. The summed E-state index contributed by atoms with van der Waals surface area (Å²) >= 11 is 6.72. The van der Waals surface area contributed by atoms with Crippen LogP contribution >= 0.6 is 49.9 Å². The molecule has 3 aromatic carbocycles. The van der Waals surface area contributed by atoms with E-state index in [1.807, 2.05) is 72.0 Å². The largest absolute Gasteiger partial charge is 0.506 e. The Labute approximate surface area is 250 Å². The first kappa shape index (κ1) is 27.4. The predicted molar refractivity (Wildman–Crippen MR) is 165 cm³/mol. The Hall–Kier alpha value is -3.22. The number of allylic oxidation sites excluding steroid dienone is 1. The summed E-state index contributed by atoms with van der Waals surface area (Å²) < 4.78 is 9.00. The first-order chi connectivity index (χ1) is 18.8. The number of para-hydroxylation sites is 1. The van der Waals surface area contributed by atoms with Crippen molar-refractivity contribution in [2.75, 3.05) is 11.9 Å². The molecular formula is C29H23BrIN3O4S. The standard InChI is InChI=1S/C29H23BrIN3O4S/c1-3-38-21-11-9-17(10-12-21)25-24(27(36)33-20-7-5-4-6-8-20)16(2)32-29-34(25)28(37)23(39-29)14-18-13-19(30)15-22(31)26(18)35/h4-15,25,35H,3H2,1-2H3,(H,33,36)/b23-14-/t25-/m0/s1. The van der Waals surface area contributed by atoms with Crippen LogP contribution in [0.5, 0.6) is 11.5 Å². The number of nitrogens with one attached hydrogen (secondary N) is 1. The maximum absolute atomic E-state index is 13.9. The van der Waals surface area contributed by atoms with E-state index in [9.17, 15) is 14.7 Å². The van der Waals surface area contributed by atoms with Crippen LogP contribution in [0.2, 0.25) is 0 Å². The van der Waals surface area contributed by atoms with Gasteiger partial charge in [-0.3, -0.25) is 14.2 Å². The molecule has 0 radical (unpaired) electrons. The van der Waals surface area contributed by atoms with Crippen molar-refractivity contribution in [3.63, 3.8) is 0 Å². The lowest BCUT2D eigenvalue weighted by molar-refractivity contribution is -0.113. The molecule has 198 valence electrons. The number of benzene rings is 3. The van der Waals surface area contributed by atoms with Gasteiger partial charge in [-0.25, -0.2) is 4.99 Å². The number of hydrogen-bond donors (Lipinski definition) is 2. The van der Waals surface area contributed by atoms with Crippen LogP contribution in [0.4, 0.5) is 5.69 Å². The summed E-state index contributed by atoms with van der Waals surface area (Å²) in [5.74, 6) is 0.450. The van der Waals surface area contributed by atoms with E-state index in [0.29, 0.717) is 47.8 Å². The fourth-order valence-electron chi connectivity index (χ4n) is 4.40. The fourth-order valence-corrected chi connectivity index (χ4v) is 6.99. The van der Waals surface area contributed by atoms with Crippen LogP contribution < -0.4 is 24.9 Å². The van der Waals surface area contributed by atoms with E-state index in [1.165, 1.54) is 11.3 Å². The Bertz CT molecular complexity index is 1780. The maximum Gasteiger partial charge on any atom is 0.271 e. The van der Waals surface area contributed by atoms with E-state index in [1.54, 1.807) is 41.8 Å². The van der Waals surface area contributed by atoms with E-state index in [-0.39, 0.29) is 17.2 Å². The summed E-state index contributed by atoms with van der Waals surface area (Å²) in [6.45, 7) is 4.22. The molecule has 0 saturated carbocycles. The number of aromatic hydroxyl groups is 1. The zero-order chi connectivity index (χ0) is 27.7. The highest BCUT2D eigenvalue weighted by molar-refractivity contribution is 14.1. The first-order valence-corrected chi connectivity index (χ1v) is 14.8. The summed E-state index contributed by atoms with van der Waals surface area (Å²) in [6, 6.07) is 19.4. The Balaban J connectivity index is 1.68. The number of hydrogen-bond acceptors (Lipinski definition) is 6. The van der Waals surface area contributed by atoms with Crippen molar-refractivity contribution in [1.29, 1.82) is 0 Å². The van der Waals surface area contributed by atoms with Gasteiger partial charge in [0, 0.05) is 15.7 Å². The zero-order valence-electron chi connectivity index (χ0n) is 20.9. The number of carbonyl (C=O) groups is 1. The molecule has 1 amide bonds. The Kier molecular flexibility index (Phi) is 8.06. The maximum atomic E-state index is 13.9. The van der Waals surface area contributed by atoms with Gasteiger partial charge < -0.3 is 15.2 Å². The monoisotopic (exact) mass is 715 g/mol. The molecule has 5 rings (SSSR count). The molecule has 7 nitrogen and oxygen atoms in total. The van der Waals surface area contributed by atoms with Crippen molar-refractivity contribution in [3.05, 3.63) is 117 Å². The van der Waals surface area contributed by atoms with Gasteiger partial charge in [-0.2, -0.15) is 0 Å². The minimum atomic E-state index is -0.709. The lowest BCUT2D eigenvalue weighted by atomic mass is 9.95. The average Bonchev–Trinajstić information content (AvgIpc) is 3.21. The molecule has 39 heavy (non-hydrogen) atoms. The molecule has 2 heterocycles. The highest BCUT2D eigenvalue weighted by Gasteiger charge is 2.32. The van der Waals surface area contributed by atoms with E-state index in [4.69, 9.17) is 4.74 Å². The molecule has 0 bridgehead atoms. The SMILES string of the molecule is CCOc1ccc([C@H]2C(C(=O)Nc3ccccc3)=C(C)N=c3s/c(=C\c4cc(Br)cc(I)c4O)c(=O)n32)cc1. The van der Waals surface area contributed by atoms with Crippen LogP contribution in [0.3, 0.4) is 0 Å². The van der Waals surface area contributed by atoms with E-state index in [0.717, 1.165) is 10.0 Å². The summed E-state index contributed by atoms with van der Waals surface area (Å²) in [5.41, 5.74) is 2.50. The molecule has 0 fully saturated rings. The van der Waals surface area contributed by atoms with E-state index in [2.05, 4.69) is 26.2 Å². The number of ether oxygens (including phenoxy) is 1. The number of amides is 1. The van der Waals surface area contributed by atoms with E-state index >= 15 is 0 Å². The van der Waals surface area contributed by atoms with Gasteiger partial charge in [0.05, 0.1) is 32.0 Å². The summed E-state index contributed by atoms with van der Waals surface area (Å²) in [7, 11) is 0. The number of phenolic OH excluding ortho intramolecular Hbond substituents is 1. The number of aromatic nitrogens is 1. The third-order valence-electron chi connectivity index (χ3n) is 6.15. The Morgan fingerprint density at radius 2 is 1.92 bits per heavy atom. The molecule has 0 aliphatic carbocycles. The number of phenols is 1. The molecule has 1 aliphatic heterocycles. The number of thiazole rings is 1. The van der Waals surface area contributed by atoms with E-state index < -0.39 is 6.04 Å². The number of halogens is 2. The van der Waals surface area contributed by atoms with Crippen LogP contribution in [-0.4, -0.2) is 22.2 Å². The van der Waals surface area contributed by atoms with Gasteiger partial charge in [-0.05, 0) is 84.5 Å². The van der Waals surface area contributed by atoms with Gasteiger partial charge in [0.1, 0.15) is 11.5 Å². The second kappa shape index (κ2) is 11.5. The molecule has 0 unspecified atom stereocenters. The second-order valence-corrected chi connectivity index (χ2v) is 11.8. The molecule has 10 heteroatoms. The van der Waals surface area contributed by atoms with Gasteiger partial charge in [-0.15, -0.1) is 0 Å². The highest BCUT2D eigenvalue weighted by atomic mass is 127. The van der Waals surface area contributed by atoms with Crippen molar-refractivity contribution in [1.82, 2.24) is 4.57 Å². The van der Waals surface area contributed by atoms with Crippen LogP contribution in [-0.2, 0) is 4.79 Å². The molecule has 4 aromatic rings. The molecule has 1 aliphatic rings. The smallest absolute Gasteiger partial charge is 0.271 e. The number of anilines is 1. The van der Waals surface area contributed by atoms with Crippen molar-refractivity contribution in [2.45, 2.75) is 19.9 Å². The minimum absolute atomic E-state index is 0.0896. The molecule has 0 saturated heterocycles. The normalized spacial score (nSPS) is 15.1. The van der Waals surface area contributed by atoms with Crippen molar-refractivity contribution >= 4 is 67.5 Å². The highest BCUT2D eigenvalue weighted by Crippen LogP contribution is 2.32. The van der Waals surface area contributed by atoms with Gasteiger partial charge in [0.2, 0.25) is 0 Å². The molecule has 0 spiro atoms. The van der Waals surface area contributed by atoms with Crippen molar-refractivity contribution in [3.8, 4) is 11.5 Å². The van der Waals surface area contributed by atoms with Crippen molar-refractivity contribution < 1.29 is 14.6 Å². The number of fused-ring (bicyclic) bond motifs is 1. The van der Waals surface area contributed by atoms with Crippen LogP contribution in [0.1, 0.15) is 31.0 Å². The fraction of sp³-hybridized carbons (Fsp3) is 0.138. The number of rotatable bonds is 6.